The molecule has 0 unspecified atom stereocenters. The van der Waals surface area contributed by atoms with Crippen LogP contribution >= 0.6 is 0 Å². The van der Waals surface area contributed by atoms with E-state index in [1.807, 2.05) is 19.1 Å². The predicted molar refractivity (Wildman–Crippen MR) is 150 cm³/mol. The Labute approximate surface area is 237 Å². The second-order valence-corrected chi connectivity index (χ2v) is 9.42. The van der Waals surface area contributed by atoms with Gasteiger partial charge in [0.2, 0.25) is 5.88 Å². The molecule has 1 aromatic heterocycles. The molecule has 0 saturated carbocycles. The van der Waals surface area contributed by atoms with Crippen LogP contribution in [0.15, 0.2) is 95.2 Å². The lowest BCUT2D eigenvalue weighted by Crippen LogP contribution is -2.05. The van der Waals surface area contributed by atoms with Gasteiger partial charge in [-0.25, -0.2) is 4.79 Å². The Kier molecular flexibility index (Phi) is 7.58. The van der Waals surface area contributed by atoms with Gasteiger partial charge < -0.3 is 20.1 Å². The SMILES string of the molecule is CCCc1ccc(-n2c(O)c(N=Nc3cccc(-c4cccc(OC(=O)O)c4)c3O)c3ccc(C(F)(F)F)cc32)cc1. The monoisotopic (exact) mass is 575 g/mol. The molecular weight excluding hydrogens is 551 g/mol. The maximum atomic E-state index is 13.6. The number of benzene rings is 4. The van der Waals surface area contributed by atoms with Crippen LogP contribution in [0.5, 0.6) is 17.4 Å². The Morgan fingerprint density at radius 3 is 2.36 bits per heavy atom. The summed E-state index contributed by atoms with van der Waals surface area (Å²) >= 11 is 0. The molecule has 214 valence electrons. The van der Waals surface area contributed by atoms with E-state index in [2.05, 4.69) is 15.0 Å². The number of hydrogen-bond donors (Lipinski definition) is 3. The van der Waals surface area contributed by atoms with Gasteiger partial charge in [0.1, 0.15) is 11.4 Å². The van der Waals surface area contributed by atoms with E-state index in [-0.39, 0.29) is 33.8 Å². The maximum Gasteiger partial charge on any atom is 0.511 e. The minimum Gasteiger partial charge on any atom is -0.505 e. The van der Waals surface area contributed by atoms with Crippen molar-refractivity contribution < 1.29 is 38.0 Å². The molecule has 0 aliphatic heterocycles. The number of phenolic OH excluding ortho intramolecular Hbond substituents is 1. The first-order chi connectivity index (χ1) is 20.1. The van der Waals surface area contributed by atoms with Gasteiger partial charge in [-0.05, 0) is 66.1 Å². The van der Waals surface area contributed by atoms with Crippen LogP contribution in [0.2, 0.25) is 0 Å². The van der Waals surface area contributed by atoms with Crippen LogP contribution in [0.25, 0.3) is 27.7 Å². The number of carbonyl (C=O) groups is 1. The summed E-state index contributed by atoms with van der Waals surface area (Å²) in [5.74, 6) is -0.668. The molecule has 5 rings (SSSR count). The van der Waals surface area contributed by atoms with Gasteiger partial charge in [0, 0.05) is 16.6 Å². The molecule has 4 aromatic carbocycles. The van der Waals surface area contributed by atoms with E-state index in [1.165, 1.54) is 28.8 Å². The van der Waals surface area contributed by atoms with Gasteiger partial charge in [0.15, 0.2) is 11.4 Å². The summed E-state index contributed by atoms with van der Waals surface area (Å²) in [5.41, 5.74) is 1.33. The number of hydrogen-bond acceptors (Lipinski definition) is 6. The van der Waals surface area contributed by atoms with Crippen molar-refractivity contribution in [3.63, 3.8) is 0 Å². The number of fused-ring (bicyclic) bond motifs is 1. The number of azo groups is 1. The molecule has 0 fully saturated rings. The van der Waals surface area contributed by atoms with E-state index < -0.39 is 23.8 Å². The fourth-order valence-corrected chi connectivity index (χ4v) is 4.67. The van der Waals surface area contributed by atoms with Crippen molar-refractivity contribution in [2.24, 2.45) is 10.2 Å². The number of phenols is 1. The highest BCUT2D eigenvalue weighted by Crippen LogP contribution is 2.45. The summed E-state index contributed by atoms with van der Waals surface area (Å²) in [7, 11) is 0. The summed E-state index contributed by atoms with van der Waals surface area (Å²) in [6, 6.07) is 20.9. The number of rotatable bonds is 7. The van der Waals surface area contributed by atoms with Crippen molar-refractivity contribution in [3.8, 4) is 34.2 Å². The Morgan fingerprint density at radius 1 is 0.929 bits per heavy atom. The van der Waals surface area contributed by atoms with Crippen LogP contribution < -0.4 is 4.74 Å². The first-order valence-electron chi connectivity index (χ1n) is 12.9. The third-order valence-corrected chi connectivity index (χ3v) is 6.60. The number of aromatic hydroxyl groups is 2. The molecule has 1 heterocycles. The maximum absolute atomic E-state index is 13.6. The van der Waals surface area contributed by atoms with Crippen LogP contribution in [0.3, 0.4) is 0 Å². The van der Waals surface area contributed by atoms with Crippen molar-refractivity contribution in [1.82, 2.24) is 4.57 Å². The molecule has 42 heavy (non-hydrogen) atoms. The largest absolute Gasteiger partial charge is 0.511 e. The van der Waals surface area contributed by atoms with E-state index in [4.69, 9.17) is 5.11 Å². The van der Waals surface area contributed by atoms with E-state index in [0.717, 1.165) is 30.5 Å². The van der Waals surface area contributed by atoms with Crippen LogP contribution in [0.1, 0.15) is 24.5 Å². The van der Waals surface area contributed by atoms with Gasteiger partial charge in [-0.1, -0.05) is 49.7 Å². The summed E-state index contributed by atoms with van der Waals surface area (Å²) in [6.45, 7) is 2.04. The van der Waals surface area contributed by atoms with Crippen LogP contribution in [-0.2, 0) is 12.6 Å². The molecule has 11 heteroatoms. The quantitative estimate of drug-likeness (QED) is 0.102. The van der Waals surface area contributed by atoms with Gasteiger partial charge in [-0.3, -0.25) is 4.57 Å². The lowest BCUT2D eigenvalue weighted by Gasteiger charge is -2.10. The molecular formula is C31H24F3N3O5. The fourth-order valence-electron chi connectivity index (χ4n) is 4.67. The minimum atomic E-state index is -4.61. The highest BCUT2D eigenvalue weighted by Gasteiger charge is 2.32. The van der Waals surface area contributed by atoms with Crippen molar-refractivity contribution in [3.05, 3.63) is 96.1 Å². The summed E-state index contributed by atoms with van der Waals surface area (Å²) in [4.78, 5) is 10.9. The first kappa shape index (κ1) is 28.2. The second-order valence-electron chi connectivity index (χ2n) is 9.42. The lowest BCUT2D eigenvalue weighted by atomic mass is 10.0. The van der Waals surface area contributed by atoms with Crippen molar-refractivity contribution >= 4 is 28.4 Å². The Hall–Kier alpha value is -5.32. The third kappa shape index (κ3) is 5.62. The zero-order valence-corrected chi connectivity index (χ0v) is 22.1. The number of para-hydroxylation sites is 1. The first-order valence-corrected chi connectivity index (χ1v) is 12.9. The molecule has 0 saturated heterocycles. The van der Waals surface area contributed by atoms with E-state index in [9.17, 15) is 28.2 Å². The number of halogens is 3. The normalized spacial score (nSPS) is 11.8. The number of nitrogens with zero attached hydrogens (tertiary/aromatic N) is 3. The smallest absolute Gasteiger partial charge is 0.505 e. The molecule has 0 radical (unpaired) electrons. The molecule has 0 atom stereocenters. The van der Waals surface area contributed by atoms with E-state index >= 15 is 0 Å². The molecule has 0 amide bonds. The van der Waals surface area contributed by atoms with Gasteiger partial charge in [0.25, 0.3) is 0 Å². The molecule has 0 aliphatic rings. The van der Waals surface area contributed by atoms with Crippen molar-refractivity contribution in [2.75, 3.05) is 0 Å². The standard InChI is InChI=1S/C31H24F3N3O5/c1-2-5-18-10-13-21(14-11-18)37-26-17-20(31(32,33)34)12-15-24(26)27(29(37)39)36-35-25-9-4-8-23(28(25)38)19-6-3-7-22(16-19)42-30(40)41/h3-4,6-17,38-39H,2,5H2,1H3,(H,40,41). The highest BCUT2D eigenvalue weighted by atomic mass is 19.4. The summed E-state index contributed by atoms with van der Waals surface area (Å²) in [5, 5.41) is 39.5. The average molecular weight is 576 g/mol. The summed E-state index contributed by atoms with van der Waals surface area (Å²) in [6.07, 6.45) is -4.34. The van der Waals surface area contributed by atoms with E-state index in [0.29, 0.717) is 16.8 Å². The summed E-state index contributed by atoms with van der Waals surface area (Å²) < 4.78 is 46.7. The zero-order chi connectivity index (χ0) is 30.0. The molecule has 0 bridgehead atoms. The fraction of sp³-hybridized carbons (Fsp3) is 0.129. The molecule has 0 aliphatic carbocycles. The third-order valence-electron chi connectivity index (χ3n) is 6.60. The Bertz CT molecular complexity index is 1810. The molecule has 5 aromatic rings. The van der Waals surface area contributed by atoms with Gasteiger partial charge in [0.05, 0.1) is 11.1 Å². The van der Waals surface area contributed by atoms with Crippen LogP contribution in [0.4, 0.5) is 29.3 Å². The van der Waals surface area contributed by atoms with Crippen molar-refractivity contribution in [1.29, 1.82) is 0 Å². The number of aromatic nitrogens is 1. The highest BCUT2D eigenvalue weighted by molar-refractivity contribution is 5.97. The molecule has 3 N–H and O–H groups in total. The number of alkyl halides is 3. The minimum absolute atomic E-state index is 0.00758. The van der Waals surface area contributed by atoms with E-state index in [1.54, 1.807) is 36.4 Å². The topological polar surface area (TPSA) is 117 Å². The van der Waals surface area contributed by atoms with Gasteiger partial charge in [-0.2, -0.15) is 13.2 Å². The number of ether oxygens (including phenoxy) is 1. The van der Waals surface area contributed by atoms with Gasteiger partial charge in [-0.15, -0.1) is 10.2 Å². The second kappa shape index (κ2) is 11.3. The Balaban J connectivity index is 1.60. The van der Waals surface area contributed by atoms with Crippen LogP contribution in [-0.4, -0.2) is 26.0 Å². The molecule has 8 nitrogen and oxygen atoms in total. The Morgan fingerprint density at radius 2 is 1.67 bits per heavy atom. The zero-order valence-electron chi connectivity index (χ0n) is 22.1. The predicted octanol–water partition coefficient (Wildman–Crippen LogP) is 9.15. The average Bonchev–Trinajstić information content (AvgIpc) is 3.22. The van der Waals surface area contributed by atoms with Crippen molar-refractivity contribution in [2.45, 2.75) is 25.9 Å². The van der Waals surface area contributed by atoms with Crippen LogP contribution in [0, 0.1) is 0 Å². The van der Waals surface area contributed by atoms with Gasteiger partial charge >= 0.3 is 12.3 Å². The molecule has 0 spiro atoms. The lowest BCUT2D eigenvalue weighted by molar-refractivity contribution is -0.137. The number of carboxylic acid groups (broad SMARTS) is 1. The number of aryl methyl sites for hydroxylation is 1.